The SMILES string of the molecule is O=C1C(Cl)=C(Nc2ccc(C(=O)O)cc2)C(=O)C(Cl)=C1Nc1ccc(C(=O)O)cc1. The first kappa shape index (κ1) is 21.1. The first-order chi connectivity index (χ1) is 14.2. The van der Waals surface area contributed by atoms with E-state index in [-0.39, 0.29) is 22.5 Å². The molecule has 0 aliphatic heterocycles. The molecule has 0 radical (unpaired) electrons. The molecule has 3 rings (SSSR count). The maximum Gasteiger partial charge on any atom is 0.335 e. The van der Waals surface area contributed by atoms with Crippen LogP contribution in [-0.4, -0.2) is 33.7 Å². The minimum absolute atomic E-state index is 0.0463. The maximum atomic E-state index is 12.6. The zero-order valence-corrected chi connectivity index (χ0v) is 16.4. The van der Waals surface area contributed by atoms with E-state index < -0.39 is 33.6 Å². The highest BCUT2D eigenvalue weighted by molar-refractivity contribution is 6.56. The number of rotatable bonds is 6. The molecule has 0 amide bonds. The zero-order chi connectivity index (χ0) is 22.0. The van der Waals surface area contributed by atoms with Crippen molar-refractivity contribution in [2.75, 3.05) is 10.6 Å². The van der Waals surface area contributed by atoms with Crippen LogP contribution in [0.2, 0.25) is 0 Å². The smallest absolute Gasteiger partial charge is 0.335 e. The van der Waals surface area contributed by atoms with Crippen molar-refractivity contribution in [3.8, 4) is 0 Å². The predicted molar refractivity (Wildman–Crippen MR) is 110 cm³/mol. The van der Waals surface area contributed by atoms with Crippen LogP contribution in [0.25, 0.3) is 0 Å². The molecule has 0 atom stereocenters. The van der Waals surface area contributed by atoms with Crippen LogP contribution in [0.15, 0.2) is 70.0 Å². The van der Waals surface area contributed by atoms with Gasteiger partial charge in [-0.15, -0.1) is 0 Å². The van der Waals surface area contributed by atoms with E-state index in [1.165, 1.54) is 48.5 Å². The van der Waals surface area contributed by atoms with E-state index >= 15 is 0 Å². The number of hydrogen-bond donors (Lipinski definition) is 4. The van der Waals surface area contributed by atoms with Crippen molar-refractivity contribution in [3.05, 3.63) is 81.1 Å². The minimum atomic E-state index is -1.11. The molecule has 1 aliphatic rings. The van der Waals surface area contributed by atoms with E-state index in [9.17, 15) is 19.2 Å². The molecule has 0 bridgehead atoms. The summed E-state index contributed by atoms with van der Waals surface area (Å²) in [7, 11) is 0. The molecule has 152 valence electrons. The number of halogens is 2. The summed E-state index contributed by atoms with van der Waals surface area (Å²) in [6, 6.07) is 10.9. The Labute approximate surface area is 179 Å². The van der Waals surface area contributed by atoms with Gasteiger partial charge in [0.05, 0.1) is 11.1 Å². The fourth-order valence-electron chi connectivity index (χ4n) is 2.55. The second kappa shape index (κ2) is 8.40. The second-order valence-electron chi connectivity index (χ2n) is 6.05. The maximum absolute atomic E-state index is 12.6. The number of carbonyl (C=O) groups excluding carboxylic acids is 2. The van der Waals surface area contributed by atoms with E-state index in [0.29, 0.717) is 11.4 Å². The minimum Gasteiger partial charge on any atom is -0.478 e. The number of carboxylic acids is 2. The summed E-state index contributed by atoms with van der Waals surface area (Å²) >= 11 is 12.2. The van der Waals surface area contributed by atoms with Crippen LogP contribution >= 0.6 is 23.2 Å². The van der Waals surface area contributed by atoms with Gasteiger partial charge in [0.2, 0.25) is 11.6 Å². The number of Topliss-reactive ketones (excluding diaryl/α,β-unsaturated/α-hetero) is 2. The molecule has 0 aromatic heterocycles. The second-order valence-corrected chi connectivity index (χ2v) is 6.81. The van der Waals surface area contributed by atoms with Crippen LogP contribution in [0.4, 0.5) is 11.4 Å². The molecule has 0 heterocycles. The number of allylic oxidation sites excluding steroid dienone is 2. The number of benzene rings is 2. The van der Waals surface area contributed by atoms with Gasteiger partial charge in [0.15, 0.2) is 0 Å². The van der Waals surface area contributed by atoms with Gasteiger partial charge in [-0.05, 0) is 48.5 Å². The van der Waals surface area contributed by atoms with E-state index in [2.05, 4.69) is 10.6 Å². The fraction of sp³-hybridized carbons (Fsp3) is 0. The number of aromatic carboxylic acids is 2. The van der Waals surface area contributed by atoms with Gasteiger partial charge in [-0.1, -0.05) is 23.2 Å². The summed E-state index contributed by atoms with van der Waals surface area (Å²) in [4.78, 5) is 47.1. The van der Waals surface area contributed by atoms with Gasteiger partial charge in [0.1, 0.15) is 21.5 Å². The van der Waals surface area contributed by atoms with Gasteiger partial charge >= 0.3 is 11.9 Å². The van der Waals surface area contributed by atoms with E-state index in [1.54, 1.807) is 0 Å². The number of nitrogens with one attached hydrogen (secondary N) is 2. The Kier molecular flexibility index (Phi) is 5.91. The summed E-state index contributed by atoms with van der Waals surface area (Å²) in [6.45, 7) is 0. The molecule has 0 saturated heterocycles. The van der Waals surface area contributed by atoms with Crippen LogP contribution in [-0.2, 0) is 9.59 Å². The average Bonchev–Trinajstić information content (AvgIpc) is 2.73. The molecule has 10 heteroatoms. The zero-order valence-electron chi connectivity index (χ0n) is 14.9. The van der Waals surface area contributed by atoms with Crippen molar-refractivity contribution in [1.29, 1.82) is 0 Å². The standard InChI is InChI=1S/C20H12Cl2N2O6/c21-13-15(23-11-5-1-9(2-6-11)19(27)28)17(25)14(22)16(18(13)26)24-12-7-3-10(4-8-12)20(29)30/h1-8,23-24H,(H,27,28)(H,29,30). The topological polar surface area (TPSA) is 133 Å². The Bertz CT molecular complexity index is 1040. The Morgan fingerprint density at radius 1 is 0.633 bits per heavy atom. The summed E-state index contributed by atoms with van der Waals surface area (Å²) in [6.07, 6.45) is 0. The molecule has 0 fully saturated rings. The first-order valence-electron chi connectivity index (χ1n) is 8.28. The van der Waals surface area contributed by atoms with E-state index in [4.69, 9.17) is 33.4 Å². The van der Waals surface area contributed by atoms with Crippen molar-refractivity contribution in [2.45, 2.75) is 0 Å². The highest BCUT2D eigenvalue weighted by Gasteiger charge is 2.33. The predicted octanol–water partition coefficient (Wildman–Crippen LogP) is 3.66. The molecule has 0 unspecified atom stereocenters. The molecule has 2 aromatic carbocycles. The van der Waals surface area contributed by atoms with Crippen LogP contribution < -0.4 is 10.6 Å². The Morgan fingerprint density at radius 2 is 0.933 bits per heavy atom. The Hall–Kier alpha value is -3.62. The van der Waals surface area contributed by atoms with Gasteiger partial charge in [-0.2, -0.15) is 0 Å². The van der Waals surface area contributed by atoms with Crippen molar-refractivity contribution in [3.63, 3.8) is 0 Å². The van der Waals surface area contributed by atoms with Crippen molar-refractivity contribution < 1.29 is 29.4 Å². The molecule has 8 nitrogen and oxygen atoms in total. The molecule has 30 heavy (non-hydrogen) atoms. The largest absolute Gasteiger partial charge is 0.478 e. The van der Waals surface area contributed by atoms with Gasteiger partial charge in [0, 0.05) is 11.4 Å². The number of hydrogen-bond acceptors (Lipinski definition) is 6. The Balaban J connectivity index is 1.84. The third kappa shape index (κ3) is 4.19. The lowest BCUT2D eigenvalue weighted by molar-refractivity contribution is -0.115. The third-order valence-corrected chi connectivity index (χ3v) is 4.82. The van der Waals surface area contributed by atoms with Gasteiger partial charge < -0.3 is 20.8 Å². The van der Waals surface area contributed by atoms with Crippen LogP contribution in [0.3, 0.4) is 0 Å². The molecular formula is C20H12Cl2N2O6. The molecule has 4 N–H and O–H groups in total. The average molecular weight is 447 g/mol. The quantitative estimate of drug-likeness (QED) is 0.494. The summed E-state index contributed by atoms with van der Waals surface area (Å²) < 4.78 is 0. The van der Waals surface area contributed by atoms with Crippen molar-refractivity contribution in [2.24, 2.45) is 0 Å². The summed E-state index contributed by atoms with van der Waals surface area (Å²) in [5.41, 5.74) is 0.261. The third-order valence-electron chi connectivity index (χ3n) is 4.09. The number of ketones is 2. The Morgan fingerprint density at radius 3 is 1.20 bits per heavy atom. The van der Waals surface area contributed by atoms with Crippen LogP contribution in [0.5, 0.6) is 0 Å². The highest BCUT2D eigenvalue weighted by atomic mass is 35.5. The summed E-state index contributed by atoms with van der Waals surface area (Å²) in [5, 5.41) is 22.4. The molecule has 0 spiro atoms. The first-order valence-corrected chi connectivity index (χ1v) is 9.04. The highest BCUT2D eigenvalue weighted by Crippen LogP contribution is 2.31. The van der Waals surface area contributed by atoms with Gasteiger partial charge in [-0.3, -0.25) is 9.59 Å². The van der Waals surface area contributed by atoms with Crippen LogP contribution in [0, 0.1) is 0 Å². The van der Waals surface area contributed by atoms with Crippen molar-refractivity contribution >= 4 is 58.1 Å². The lowest BCUT2D eigenvalue weighted by Crippen LogP contribution is -2.27. The monoisotopic (exact) mass is 446 g/mol. The lowest BCUT2D eigenvalue weighted by Gasteiger charge is -2.20. The van der Waals surface area contributed by atoms with Crippen molar-refractivity contribution in [1.82, 2.24) is 0 Å². The molecule has 1 aliphatic carbocycles. The number of carbonyl (C=O) groups is 4. The normalized spacial score (nSPS) is 14.1. The van der Waals surface area contributed by atoms with E-state index in [1.807, 2.05) is 0 Å². The van der Waals surface area contributed by atoms with Gasteiger partial charge in [0.25, 0.3) is 0 Å². The summed E-state index contributed by atoms with van der Waals surface area (Å²) in [5.74, 6) is -3.71. The number of carboxylic acid groups (broad SMARTS) is 2. The molecule has 0 saturated carbocycles. The van der Waals surface area contributed by atoms with E-state index in [0.717, 1.165) is 0 Å². The lowest BCUT2D eigenvalue weighted by atomic mass is 10.0. The van der Waals surface area contributed by atoms with Crippen LogP contribution in [0.1, 0.15) is 20.7 Å². The fourth-order valence-corrected chi connectivity index (χ4v) is 3.01. The molecular weight excluding hydrogens is 435 g/mol. The number of anilines is 2. The van der Waals surface area contributed by atoms with Gasteiger partial charge in [-0.25, -0.2) is 9.59 Å². The molecule has 2 aromatic rings.